The predicted molar refractivity (Wildman–Crippen MR) is 74.9 cm³/mol. The van der Waals surface area contributed by atoms with E-state index >= 15 is 0 Å². The number of rotatable bonds is 2. The summed E-state index contributed by atoms with van der Waals surface area (Å²) in [6, 6.07) is 10.5. The second-order valence-electron chi connectivity index (χ2n) is 5.28. The Morgan fingerprint density at radius 3 is 2.71 bits per heavy atom. The van der Waals surface area contributed by atoms with Gasteiger partial charge in [-0.15, -0.1) is 0 Å². The summed E-state index contributed by atoms with van der Waals surface area (Å²) in [7, 11) is 0. The van der Waals surface area contributed by atoms with Crippen molar-refractivity contribution in [3.63, 3.8) is 0 Å². The van der Waals surface area contributed by atoms with Gasteiger partial charge in [0.1, 0.15) is 12.2 Å². The molecule has 1 aliphatic heterocycles. The van der Waals surface area contributed by atoms with Gasteiger partial charge in [-0.25, -0.2) is 8.78 Å². The molecule has 2 nitrogen and oxygen atoms in total. The predicted octanol–water partition coefficient (Wildman–Crippen LogP) is 3.62. The highest BCUT2D eigenvalue weighted by molar-refractivity contribution is 5.35. The molecule has 4 heteroatoms. The minimum absolute atomic E-state index is 0.0696. The summed E-state index contributed by atoms with van der Waals surface area (Å²) < 4.78 is 33.3. The van der Waals surface area contributed by atoms with Crippen LogP contribution in [0.2, 0.25) is 0 Å². The van der Waals surface area contributed by atoms with Gasteiger partial charge in [-0.1, -0.05) is 36.4 Å². The van der Waals surface area contributed by atoms with Crippen LogP contribution >= 0.6 is 0 Å². The second-order valence-corrected chi connectivity index (χ2v) is 5.28. The van der Waals surface area contributed by atoms with Crippen molar-refractivity contribution in [3.05, 3.63) is 70.3 Å². The minimum Gasteiger partial charge on any atom is -0.385 e. The SMILES string of the molecule is Cc1ccc(C(O)C2OCCc3ccccc32)c(F)c1F. The van der Waals surface area contributed by atoms with Crippen molar-refractivity contribution in [2.75, 3.05) is 6.61 Å². The van der Waals surface area contributed by atoms with Gasteiger partial charge in [-0.2, -0.15) is 0 Å². The average molecular weight is 290 g/mol. The fourth-order valence-electron chi connectivity index (χ4n) is 2.74. The van der Waals surface area contributed by atoms with Crippen LogP contribution in [-0.2, 0) is 11.2 Å². The van der Waals surface area contributed by atoms with Gasteiger partial charge in [0.25, 0.3) is 0 Å². The summed E-state index contributed by atoms with van der Waals surface area (Å²) >= 11 is 0. The topological polar surface area (TPSA) is 29.5 Å². The van der Waals surface area contributed by atoms with Crippen molar-refractivity contribution >= 4 is 0 Å². The largest absolute Gasteiger partial charge is 0.385 e. The van der Waals surface area contributed by atoms with Gasteiger partial charge in [0.05, 0.1) is 6.61 Å². The Labute approximate surface area is 122 Å². The molecule has 0 saturated carbocycles. The second kappa shape index (κ2) is 5.54. The normalized spacial score (nSPS) is 19.1. The van der Waals surface area contributed by atoms with Crippen LogP contribution in [0.15, 0.2) is 36.4 Å². The Morgan fingerprint density at radius 2 is 1.90 bits per heavy atom. The number of ether oxygens (including phenoxy) is 1. The highest BCUT2D eigenvalue weighted by Crippen LogP contribution is 2.38. The maximum atomic E-state index is 14.1. The van der Waals surface area contributed by atoms with Crippen molar-refractivity contribution in [2.24, 2.45) is 0 Å². The first-order valence-corrected chi connectivity index (χ1v) is 6.91. The molecule has 0 aromatic heterocycles. The lowest BCUT2D eigenvalue weighted by Crippen LogP contribution is -2.23. The van der Waals surface area contributed by atoms with Crippen LogP contribution in [0.25, 0.3) is 0 Å². The summed E-state index contributed by atoms with van der Waals surface area (Å²) in [5.41, 5.74) is 2.05. The van der Waals surface area contributed by atoms with Gasteiger partial charge < -0.3 is 9.84 Å². The molecule has 1 aliphatic rings. The molecule has 1 N–H and O–H groups in total. The molecular weight excluding hydrogens is 274 g/mol. The lowest BCUT2D eigenvalue weighted by atomic mass is 9.91. The molecule has 2 unspecified atom stereocenters. The molecule has 0 saturated heterocycles. The number of aliphatic hydroxyl groups is 1. The zero-order chi connectivity index (χ0) is 15.0. The lowest BCUT2D eigenvalue weighted by molar-refractivity contribution is -0.0497. The molecule has 2 aromatic carbocycles. The number of aryl methyl sites for hydroxylation is 1. The van der Waals surface area contributed by atoms with Crippen LogP contribution in [0.3, 0.4) is 0 Å². The van der Waals surface area contributed by atoms with Crippen molar-refractivity contribution in [1.29, 1.82) is 0 Å². The van der Waals surface area contributed by atoms with Gasteiger partial charge in [0.15, 0.2) is 11.6 Å². The van der Waals surface area contributed by atoms with Gasteiger partial charge in [-0.05, 0) is 30.0 Å². The molecule has 110 valence electrons. The third-order valence-electron chi connectivity index (χ3n) is 3.94. The summed E-state index contributed by atoms with van der Waals surface area (Å²) in [4.78, 5) is 0. The van der Waals surface area contributed by atoms with Crippen LogP contribution < -0.4 is 0 Å². The van der Waals surface area contributed by atoms with Crippen LogP contribution in [0.1, 0.15) is 34.5 Å². The number of benzene rings is 2. The molecule has 1 heterocycles. The highest BCUT2D eigenvalue weighted by Gasteiger charge is 2.31. The molecule has 0 fully saturated rings. The van der Waals surface area contributed by atoms with Crippen molar-refractivity contribution in [3.8, 4) is 0 Å². The third-order valence-corrected chi connectivity index (χ3v) is 3.94. The van der Waals surface area contributed by atoms with Crippen LogP contribution in [-0.4, -0.2) is 11.7 Å². The molecule has 0 bridgehead atoms. The molecule has 21 heavy (non-hydrogen) atoms. The van der Waals surface area contributed by atoms with E-state index in [0.717, 1.165) is 17.5 Å². The fraction of sp³-hybridized carbons (Fsp3) is 0.294. The first-order valence-electron chi connectivity index (χ1n) is 6.91. The quantitative estimate of drug-likeness (QED) is 0.915. The molecule has 0 spiro atoms. The van der Waals surface area contributed by atoms with Crippen LogP contribution in [0.4, 0.5) is 8.78 Å². The van der Waals surface area contributed by atoms with E-state index in [0.29, 0.717) is 6.61 Å². The number of aliphatic hydroxyl groups excluding tert-OH is 1. The van der Waals surface area contributed by atoms with E-state index in [1.165, 1.54) is 19.1 Å². The Bertz CT molecular complexity index is 670. The molecular formula is C17H16F2O2. The number of hydrogen-bond donors (Lipinski definition) is 1. The summed E-state index contributed by atoms with van der Waals surface area (Å²) in [6.07, 6.45) is -1.16. The van der Waals surface area contributed by atoms with E-state index in [4.69, 9.17) is 4.74 Å². The van der Waals surface area contributed by atoms with Crippen LogP contribution in [0.5, 0.6) is 0 Å². The van der Waals surface area contributed by atoms with Crippen molar-refractivity contribution in [1.82, 2.24) is 0 Å². The van der Waals surface area contributed by atoms with E-state index < -0.39 is 23.8 Å². The summed E-state index contributed by atoms with van der Waals surface area (Å²) in [6.45, 7) is 1.94. The van der Waals surface area contributed by atoms with Gasteiger partial charge in [-0.3, -0.25) is 0 Å². The Balaban J connectivity index is 2.01. The zero-order valence-corrected chi connectivity index (χ0v) is 11.6. The molecule has 2 aromatic rings. The Kier molecular flexibility index (Phi) is 3.74. The van der Waals surface area contributed by atoms with Crippen molar-refractivity contribution < 1.29 is 18.6 Å². The van der Waals surface area contributed by atoms with E-state index in [2.05, 4.69) is 0 Å². The lowest BCUT2D eigenvalue weighted by Gasteiger charge is -2.30. The Hall–Kier alpha value is -1.78. The van der Waals surface area contributed by atoms with E-state index in [-0.39, 0.29) is 11.1 Å². The van der Waals surface area contributed by atoms with Gasteiger partial charge in [0.2, 0.25) is 0 Å². The van der Waals surface area contributed by atoms with E-state index in [1.54, 1.807) is 0 Å². The zero-order valence-electron chi connectivity index (χ0n) is 11.6. The molecule has 0 aliphatic carbocycles. The molecule has 2 atom stereocenters. The number of hydrogen-bond acceptors (Lipinski definition) is 2. The van der Waals surface area contributed by atoms with E-state index in [9.17, 15) is 13.9 Å². The monoisotopic (exact) mass is 290 g/mol. The van der Waals surface area contributed by atoms with E-state index in [1.807, 2.05) is 24.3 Å². The number of fused-ring (bicyclic) bond motifs is 1. The maximum absolute atomic E-state index is 14.1. The first-order chi connectivity index (χ1) is 10.1. The smallest absolute Gasteiger partial charge is 0.164 e. The molecule has 0 amide bonds. The fourth-order valence-corrected chi connectivity index (χ4v) is 2.74. The highest BCUT2D eigenvalue weighted by atomic mass is 19.2. The Morgan fingerprint density at radius 1 is 1.14 bits per heavy atom. The first kappa shape index (κ1) is 14.2. The summed E-state index contributed by atoms with van der Waals surface area (Å²) in [5.74, 6) is -1.93. The minimum atomic E-state index is -1.23. The molecule has 0 radical (unpaired) electrons. The third kappa shape index (κ3) is 2.45. The average Bonchev–Trinajstić information content (AvgIpc) is 2.51. The maximum Gasteiger partial charge on any atom is 0.164 e. The number of halogens is 2. The van der Waals surface area contributed by atoms with Gasteiger partial charge in [0, 0.05) is 5.56 Å². The summed E-state index contributed by atoms with van der Waals surface area (Å²) in [5, 5.41) is 10.5. The van der Waals surface area contributed by atoms with Crippen LogP contribution in [0, 0.1) is 18.6 Å². The molecule has 3 rings (SSSR count). The van der Waals surface area contributed by atoms with Crippen molar-refractivity contribution in [2.45, 2.75) is 25.6 Å². The standard InChI is InChI=1S/C17H16F2O2/c1-10-6-7-13(15(19)14(10)18)16(20)17-12-5-3-2-4-11(12)8-9-21-17/h2-7,16-17,20H,8-9H2,1H3. The van der Waals surface area contributed by atoms with Gasteiger partial charge >= 0.3 is 0 Å².